The number of oxazole rings is 1. The van der Waals surface area contributed by atoms with Gasteiger partial charge in [0.15, 0.2) is 0 Å². The Bertz CT molecular complexity index is 501. The third-order valence-electron chi connectivity index (χ3n) is 2.06. The molecule has 0 saturated carbocycles. The van der Waals surface area contributed by atoms with Crippen molar-refractivity contribution in [3.05, 3.63) is 58.9 Å². The van der Waals surface area contributed by atoms with Gasteiger partial charge in [0.1, 0.15) is 12.3 Å². The summed E-state index contributed by atoms with van der Waals surface area (Å²) in [5.74, 6) is -1.37. The predicted octanol–water partition coefficient (Wildman–Crippen LogP) is 0.609. The first-order chi connectivity index (χ1) is 8.59. The highest BCUT2D eigenvalue weighted by molar-refractivity contribution is 5.73. The van der Waals surface area contributed by atoms with E-state index in [0.29, 0.717) is 6.42 Å². The van der Waals surface area contributed by atoms with E-state index in [1.54, 1.807) is 0 Å². The van der Waals surface area contributed by atoms with Crippen LogP contribution in [0, 0.1) is 0 Å². The van der Waals surface area contributed by atoms with Crippen LogP contribution in [0.15, 0.2) is 52.0 Å². The quantitative estimate of drug-likeness (QED) is 0.739. The molecule has 4 N–H and O–H groups in total. The largest absolute Gasteiger partial charge is 0.480 e. The van der Waals surface area contributed by atoms with E-state index in [1.165, 1.54) is 12.5 Å². The summed E-state index contributed by atoms with van der Waals surface area (Å²) in [4.78, 5) is 22.5. The van der Waals surface area contributed by atoms with Gasteiger partial charge < -0.3 is 15.3 Å². The van der Waals surface area contributed by atoms with Gasteiger partial charge >= 0.3 is 11.7 Å². The Balaban J connectivity index is 0.000000225. The number of hydrogen-bond donors (Lipinski definition) is 3. The molecular weight excluding hydrogens is 236 g/mol. The second-order valence-corrected chi connectivity index (χ2v) is 3.49. The highest BCUT2D eigenvalue weighted by Gasteiger charge is 2.10. The summed E-state index contributed by atoms with van der Waals surface area (Å²) in [5.41, 5.74) is 6.30. The van der Waals surface area contributed by atoms with E-state index in [1.807, 2.05) is 30.3 Å². The zero-order valence-electron chi connectivity index (χ0n) is 9.58. The van der Waals surface area contributed by atoms with E-state index in [2.05, 4.69) is 9.40 Å². The van der Waals surface area contributed by atoms with Gasteiger partial charge in [0.25, 0.3) is 0 Å². The van der Waals surface area contributed by atoms with Gasteiger partial charge in [0, 0.05) is 6.20 Å². The molecule has 2 rings (SSSR count). The number of hydrogen-bond acceptors (Lipinski definition) is 4. The normalized spacial score (nSPS) is 11.2. The second kappa shape index (κ2) is 7.08. The van der Waals surface area contributed by atoms with Crippen LogP contribution in [0.2, 0.25) is 0 Å². The van der Waals surface area contributed by atoms with Crippen LogP contribution in [0.1, 0.15) is 5.56 Å². The molecule has 0 aliphatic carbocycles. The van der Waals surface area contributed by atoms with Gasteiger partial charge in [-0.1, -0.05) is 30.3 Å². The molecule has 2 aromatic rings. The fourth-order valence-electron chi connectivity index (χ4n) is 1.19. The van der Waals surface area contributed by atoms with Crippen molar-refractivity contribution in [3.8, 4) is 0 Å². The Morgan fingerprint density at radius 3 is 2.44 bits per heavy atom. The highest BCUT2D eigenvalue weighted by atomic mass is 16.4. The molecule has 0 aliphatic heterocycles. The number of nitrogens with two attached hydrogens (primary N) is 1. The zero-order chi connectivity index (χ0) is 13.4. The molecule has 0 saturated heterocycles. The fraction of sp³-hybridized carbons (Fsp3) is 0.167. The minimum Gasteiger partial charge on any atom is -0.480 e. The van der Waals surface area contributed by atoms with Crippen LogP contribution in [0.5, 0.6) is 0 Å². The van der Waals surface area contributed by atoms with E-state index in [-0.39, 0.29) is 0 Å². The highest BCUT2D eigenvalue weighted by Crippen LogP contribution is 2.01. The van der Waals surface area contributed by atoms with Gasteiger partial charge in [-0.2, -0.15) is 0 Å². The molecule has 0 radical (unpaired) electrons. The second-order valence-electron chi connectivity index (χ2n) is 3.49. The lowest BCUT2D eigenvalue weighted by Crippen LogP contribution is -2.32. The lowest BCUT2D eigenvalue weighted by molar-refractivity contribution is -0.138. The van der Waals surface area contributed by atoms with Crippen molar-refractivity contribution in [2.75, 3.05) is 0 Å². The number of nitrogens with one attached hydrogen (secondary N) is 1. The number of H-pyrrole nitrogens is 1. The topological polar surface area (TPSA) is 109 Å². The molecular formula is C12H14N2O4. The number of carboxylic acids is 1. The average Bonchev–Trinajstić information content (AvgIpc) is 2.82. The van der Waals surface area contributed by atoms with Gasteiger partial charge in [-0.25, -0.2) is 4.79 Å². The van der Waals surface area contributed by atoms with Crippen molar-refractivity contribution in [2.24, 2.45) is 5.73 Å². The smallest absolute Gasteiger partial charge is 0.416 e. The molecule has 0 amide bonds. The molecule has 0 fully saturated rings. The maximum Gasteiger partial charge on any atom is 0.416 e. The predicted molar refractivity (Wildman–Crippen MR) is 65.1 cm³/mol. The van der Waals surface area contributed by atoms with Crippen LogP contribution < -0.4 is 11.5 Å². The van der Waals surface area contributed by atoms with Crippen LogP contribution in [0.3, 0.4) is 0 Å². The van der Waals surface area contributed by atoms with Crippen molar-refractivity contribution < 1.29 is 14.3 Å². The van der Waals surface area contributed by atoms with E-state index < -0.39 is 17.8 Å². The third-order valence-corrected chi connectivity index (χ3v) is 2.06. The van der Waals surface area contributed by atoms with Crippen LogP contribution in [0.4, 0.5) is 0 Å². The third kappa shape index (κ3) is 5.13. The van der Waals surface area contributed by atoms with E-state index >= 15 is 0 Å². The summed E-state index contributed by atoms with van der Waals surface area (Å²) in [7, 11) is 0. The Hall–Kier alpha value is -2.34. The van der Waals surface area contributed by atoms with E-state index in [4.69, 9.17) is 10.8 Å². The number of aromatic amines is 1. The number of carboxylic acid groups (broad SMARTS) is 1. The average molecular weight is 250 g/mol. The summed E-state index contributed by atoms with van der Waals surface area (Å²) < 4.78 is 4.22. The molecule has 96 valence electrons. The number of aliphatic carboxylic acids is 1. The molecule has 0 spiro atoms. The molecule has 1 atom stereocenters. The van der Waals surface area contributed by atoms with Crippen molar-refractivity contribution in [1.29, 1.82) is 0 Å². The molecule has 6 heteroatoms. The summed E-state index contributed by atoms with van der Waals surface area (Å²) >= 11 is 0. The van der Waals surface area contributed by atoms with E-state index in [9.17, 15) is 9.59 Å². The molecule has 0 bridgehead atoms. The van der Waals surface area contributed by atoms with Gasteiger partial charge in [-0.05, 0) is 12.0 Å². The fourth-order valence-corrected chi connectivity index (χ4v) is 1.19. The van der Waals surface area contributed by atoms with Crippen molar-refractivity contribution in [1.82, 2.24) is 4.98 Å². The standard InChI is InChI=1S/C9H11NO2.C3H3NO2/c10-8(9(11)12)6-7-4-2-1-3-5-7;5-3-4-1-2-6-3/h1-5,8H,6,10H2,(H,11,12);1-2H,(H,4,5)/t8-;/m0./s1. The zero-order valence-corrected chi connectivity index (χ0v) is 9.58. The van der Waals surface area contributed by atoms with Crippen molar-refractivity contribution in [3.63, 3.8) is 0 Å². The maximum atomic E-state index is 10.4. The SMILES string of the molecule is N[C@@H](Cc1ccccc1)C(=O)O.O=c1[nH]cco1. The first-order valence-corrected chi connectivity index (χ1v) is 5.24. The molecule has 6 nitrogen and oxygen atoms in total. The molecule has 18 heavy (non-hydrogen) atoms. The van der Waals surface area contributed by atoms with Crippen molar-refractivity contribution in [2.45, 2.75) is 12.5 Å². The number of aromatic nitrogens is 1. The molecule has 1 aromatic carbocycles. The van der Waals surface area contributed by atoms with Crippen LogP contribution in [0.25, 0.3) is 0 Å². The monoisotopic (exact) mass is 250 g/mol. The minimum atomic E-state index is -0.959. The van der Waals surface area contributed by atoms with Gasteiger partial charge in [0.05, 0.1) is 0 Å². The molecule has 0 unspecified atom stereocenters. The first-order valence-electron chi connectivity index (χ1n) is 5.24. The lowest BCUT2D eigenvalue weighted by Gasteiger charge is -2.04. The van der Waals surface area contributed by atoms with Crippen LogP contribution in [-0.4, -0.2) is 22.1 Å². The number of benzene rings is 1. The lowest BCUT2D eigenvalue weighted by atomic mass is 10.1. The number of carbonyl (C=O) groups is 1. The van der Waals surface area contributed by atoms with E-state index in [0.717, 1.165) is 5.56 Å². The van der Waals surface area contributed by atoms with Crippen LogP contribution >= 0.6 is 0 Å². The Morgan fingerprint density at radius 1 is 1.39 bits per heavy atom. The molecule has 1 heterocycles. The summed E-state index contributed by atoms with van der Waals surface area (Å²) in [6, 6.07) is 8.54. The van der Waals surface area contributed by atoms with Gasteiger partial charge in [-0.15, -0.1) is 0 Å². The Labute approximate surface area is 103 Å². The number of rotatable bonds is 3. The summed E-state index contributed by atoms with van der Waals surface area (Å²) in [6.07, 6.45) is 3.11. The Kier molecular flexibility index (Phi) is 5.40. The van der Waals surface area contributed by atoms with Gasteiger partial charge in [0.2, 0.25) is 0 Å². The van der Waals surface area contributed by atoms with Crippen molar-refractivity contribution >= 4 is 5.97 Å². The van der Waals surface area contributed by atoms with Crippen LogP contribution in [-0.2, 0) is 11.2 Å². The molecule has 0 aliphatic rings. The first kappa shape index (κ1) is 13.7. The summed E-state index contributed by atoms with van der Waals surface area (Å²) in [6.45, 7) is 0. The maximum absolute atomic E-state index is 10.4. The van der Waals surface area contributed by atoms with Gasteiger partial charge in [-0.3, -0.25) is 9.78 Å². The summed E-state index contributed by atoms with van der Waals surface area (Å²) in [5, 5.41) is 8.52. The minimum absolute atomic E-state index is 0.385. The Morgan fingerprint density at radius 2 is 2.06 bits per heavy atom. The molecule has 1 aromatic heterocycles.